The third-order valence-electron chi connectivity index (χ3n) is 4.31. The molecule has 0 unspecified atom stereocenters. The molecule has 0 saturated heterocycles. The van der Waals surface area contributed by atoms with Gasteiger partial charge in [-0.25, -0.2) is 4.39 Å². The molecule has 0 bridgehead atoms. The minimum Gasteiger partial charge on any atom is -0.481 e. The normalized spacial score (nSPS) is 18.2. The fraction of sp³-hybridized carbons (Fsp3) is 0.562. The number of hydrogen-bond donors (Lipinski definition) is 1. The smallest absolute Gasteiger partial charge is 0.303 e. The number of carbonyl (C=O) groups is 1. The zero-order valence-electron chi connectivity index (χ0n) is 11.2. The maximum absolute atomic E-state index is 13.1. The van der Waals surface area contributed by atoms with Crippen molar-refractivity contribution in [3.05, 3.63) is 35.6 Å². The summed E-state index contributed by atoms with van der Waals surface area (Å²) >= 11 is 0. The molecule has 3 heteroatoms. The zero-order chi connectivity index (χ0) is 13.7. The van der Waals surface area contributed by atoms with Gasteiger partial charge in [-0.3, -0.25) is 4.79 Å². The third-order valence-corrected chi connectivity index (χ3v) is 4.31. The minimum absolute atomic E-state index is 0.0708. The summed E-state index contributed by atoms with van der Waals surface area (Å²) in [7, 11) is 0. The second-order valence-electron chi connectivity index (χ2n) is 5.60. The molecule has 1 aromatic rings. The van der Waals surface area contributed by atoms with Crippen molar-refractivity contribution in [3.63, 3.8) is 0 Å². The van der Waals surface area contributed by atoms with Crippen LogP contribution in [0.4, 0.5) is 4.39 Å². The van der Waals surface area contributed by atoms with Gasteiger partial charge in [-0.15, -0.1) is 0 Å². The van der Waals surface area contributed by atoms with Gasteiger partial charge in [-0.2, -0.15) is 0 Å². The molecular formula is C16H21FO2. The quantitative estimate of drug-likeness (QED) is 0.861. The van der Waals surface area contributed by atoms with Crippen LogP contribution in [-0.4, -0.2) is 11.1 Å². The van der Waals surface area contributed by atoms with Gasteiger partial charge in [0.2, 0.25) is 0 Å². The molecule has 1 aromatic carbocycles. The van der Waals surface area contributed by atoms with Crippen molar-refractivity contribution < 1.29 is 14.3 Å². The molecule has 104 valence electrons. The minimum atomic E-state index is -0.731. The molecule has 0 aromatic heterocycles. The molecule has 0 heterocycles. The van der Waals surface area contributed by atoms with Gasteiger partial charge in [0, 0.05) is 6.42 Å². The molecule has 2 nitrogen and oxygen atoms in total. The van der Waals surface area contributed by atoms with Crippen LogP contribution >= 0.6 is 0 Å². The number of rotatable bonds is 5. The van der Waals surface area contributed by atoms with Crippen molar-refractivity contribution >= 4 is 5.97 Å². The first-order chi connectivity index (χ1) is 9.12. The first-order valence-electron chi connectivity index (χ1n) is 7.10. The van der Waals surface area contributed by atoms with Crippen LogP contribution in [0.3, 0.4) is 0 Å². The van der Waals surface area contributed by atoms with Crippen LogP contribution in [0.25, 0.3) is 0 Å². The third kappa shape index (κ3) is 3.55. The van der Waals surface area contributed by atoms with Crippen molar-refractivity contribution in [1.29, 1.82) is 0 Å². The van der Waals surface area contributed by atoms with Crippen molar-refractivity contribution in [3.8, 4) is 0 Å². The fourth-order valence-electron chi connectivity index (χ4n) is 3.29. The topological polar surface area (TPSA) is 37.3 Å². The first kappa shape index (κ1) is 14.0. The van der Waals surface area contributed by atoms with Crippen LogP contribution in [0.2, 0.25) is 0 Å². The van der Waals surface area contributed by atoms with Gasteiger partial charge in [0.25, 0.3) is 0 Å². The van der Waals surface area contributed by atoms with Gasteiger partial charge < -0.3 is 5.11 Å². The highest BCUT2D eigenvalue weighted by molar-refractivity contribution is 5.66. The maximum Gasteiger partial charge on any atom is 0.303 e. The molecule has 0 amide bonds. The molecule has 0 spiro atoms. The Bertz CT molecular complexity index is 419. The van der Waals surface area contributed by atoms with E-state index in [0.717, 1.165) is 19.3 Å². The maximum atomic E-state index is 13.1. The SMILES string of the molecule is O=C(O)CCCC1(c2ccc(F)cc2)CCCCC1. The molecular weight excluding hydrogens is 243 g/mol. The van der Waals surface area contributed by atoms with Gasteiger partial charge in [0.05, 0.1) is 0 Å². The Labute approximate surface area is 113 Å². The van der Waals surface area contributed by atoms with Crippen LogP contribution in [0.15, 0.2) is 24.3 Å². The molecule has 0 aliphatic heterocycles. The van der Waals surface area contributed by atoms with E-state index in [1.54, 1.807) is 0 Å². The number of benzene rings is 1. The first-order valence-corrected chi connectivity index (χ1v) is 7.10. The Hall–Kier alpha value is -1.38. The summed E-state index contributed by atoms with van der Waals surface area (Å²) in [4.78, 5) is 10.7. The van der Waals surface area contributed by atoms with Crippen molar-refractivity contribution in [2.24, 2.45) is 0 Å². The highest BCUT2D eigenvalue weighted by atomic mass is 19.1. The summed E-state index contributed by atoms with van der Waals surface area (Å²) in [5.74, 6) is -0.940. The predicted molar refractivity (Wildman–Crippen MR) is 72.6 cm³/mol. The highest BCUT2D eigenvalue weighted by Gasteiger charge is 2.33. The largest absolute Gasteiger partial charge is 0.481 e. The summed E-state index contributed by atoms with van der Waals surface area (Å²) in [5.41, 5.74) is 1.25. The lowest BCUT2D eigenvalue weighted by Gasteiger charge is -2.38. The second kappa shape index (κ2) is 6.18. The van der Waals surface area contributed by atoms with Crippen LogP contribution in [0, 0.1) is 5.82 Å². The van der Waals surface area contributed by atoms with Crippen LogP contribution in [-0.2, 0) is 10.2 Å². The van der Waals surface area contributed by atoms with E-state index in [1.165, 1.54) is 37.0 Å². The number of aliphatic carboxylic acids is 1. The Morgan fingerprint density at radius 3 is 2.37 bits per heavy atom. The van der Waals surface area contributed by atoms with E-state index in [-0.39, 0.29) is 17.7 Å². The predicted octanol–water partition coefficient (Wildman–Crippen LogP) is 4.28. The molecule has 2 rings (SSSR count). The van der Waals surface area contributed by atoms with Gasteiger partial charge in [-0.1, -0.05) is 31.4 Å². The van der Waals surface area contributed by atoms with Gasteiger partial charge in [0.1, 0.15) is 5.82 Å². The van der Waals surface area contributed by atoms with Gasteiger partial charge in [0.15, 0.2) is 0 Å². The lowest BCUT2D eigenvalue weighted by Crippen LogP contribution is -2.29. The summed E-state index contributed by atoms with van der Waals surface area (Å²) in [6.07, 6.45) is 7.63. The Balaban J connectivity index is 2.13. The summed E-state index contributed by atoms with van der Waals surface area (Å²) < 4.78 is 13.1. The standard InChI is InChI=1S/C16H21FO2/c17-14-8-6-13(7-9-14)16(10-2-1-3-11-16)12-4-5-15(18)19/h6-9H,1-5,10-12H2,(H,18,19). The molecule has 0 radical (unpaired) electrons. The lowest BCUT2D eigenvalue weighted by atomic mass is 9.67. The monoisotopic (exact) mass is 264 g/mol. The van der Waals surface area contributed by atoms with E-state index in [4.69, 9.17) is 5.11 Å². The summed E-state index contributed by atoms with van der Waals surface area (Å²) in [6.45, 7) is 0. The molecule has 1 saturated carbocycles. The highest BCUT2D eigenvalue weighted by Crippen LogP contribution is 2.43. The van der Waals surface area contributed by atoms with Crippen molar-refractivity contribution in [2.45, 2.75) is 56.8 Å². The number of carboxylic acid groups (broad SMARTS) is 1. The van der Waals surface area contributed by atoms with Crippen LogP contribution in [0.1, 0.15) is 56.9 Å². The molecule has 1 aliphatic carbocycles. The van der Waals surface area contributed by atoms with E-state index in [2.05, 4.69) is 0 Å². The average Bonchev–Trinajstić information content (AvgIpc) is 2.40. The Morgan fingerprint density at radius 1 is 1.16 bits per heavy atom. The zero-order valence-corrected chi connectivity index (χ0v) is 11.2. The van der Waals surface area contributed by atoms with Crippen LogP contribution < -0.4 is 0 Å². The molecule has 1 N–H and O–H groups in total. The molecule has 1 aliphatic rings. The van der Waals surface area contributed by atoms with Crippen molar-refractivity contribution in [2.75, 3.05) is 0 Å². The number of halogens is 1. The molecule has 1 fully saturated rings. The molecule has 0 atom stereocenters. The second-order valence-corrected chi connectivity index (χ2v) is 5.60. The van der Waals surface area contributed by atoms with E-state index in [0.29, 0.717) is 6.42 Å². The van der Waals surface area contributed by atoms with Crippen LogP contribution in [0.5, 0.6) is 0 Å². The van der Waals surface area contributed by atoms with E-state index < -0.39 is 5.97 Å². The lowest BCUT2D eigenvalue weighted by molar-refractivity contribution is -0.137. The van der Waals surface area contributed by atoms with E-state index >= 15 is 0 Å². The van der Waals surface area contributed by atoms with E-state index in [9.17, 15) is 9.18 Å². The Morgan fingerprint density at radius 2 is 1.79 bits per heavy atom. The van der Waals surface area contributed by atoms with E-state index in [1.807, 2.05) is 12.1 Å². The Kier molecular flexibility index (Phi) is 4.56. The average molecular weight is 264 g/mol. The van der Waals surface area contributed by atoms with Crippen molar-refractivity contribution in [1.82, 2.24) is 0 Å². The summed E-state index contributed by atoms with van der Waals surface area (Å²) in [5, 5.41) is 8.78. The number of hydrogen-bond acceptors (Lipinski definition) is 1. The van der Waals surface area contributed by atoms with Gasteiger partial charge in [-0.05, 0) is 48.8 Å². The summed E-state index contributed by atoms with van der Waals surface area (Å²) in [6, 6.07) is 6.79. The molecule has 19 heavy (non-hydrogen) atoms. The fourth-order valence-corrected chi connectivity index (χ4v) is 3.29. The number of carboxylic acids is 1. The van der Waals surface area contributed by atoms with Gasteiger partial charge >= 0.3 is 5.97 Å².